The van der Waals surface area contributed by atoms with E-state index in [9.17, 15) is 15.3 Å². The van der Waals surface area contributed by atoms with Crippen LogP contribution in [0.3, 0.4) is 0 Å². The van der Waals surface area contributed by atoms with Crippen molar-refractivity contribution in [3.8, 4) is 0 Å². The number of hydrogen-bond acceptors (Lipinski definition) is 8. The van der Waals surface area contributed by atoms with Gasteiger partial charge in [0.05, 0.1) is 6.61 Å². The van der Waals surface area contributed by atoms with Gasteiger partial charge in [0.15, 0.2) is 0 Å². The number of aliphatic hydroxyl groups excluding tert-OH is 4. The third-order valence-electron chi connectivity index (χ3n) is 2.77. The van der Waals surface area contributed by atoms with Crippen molar-refractivity contribution in [1.82, 2.24) is 0 Å². The van der Waals surface area contributed by atoms with Crippen molar-refractivity contribution in [3.63, 3.8) is 0 Å². The lowest BCUT2D eigenvalue weighted by molar-refractivity contribution is -0.205. The summed E-state index contributed by atoms with van der Waals surface area (Å²) in [6, 6.07) is 0. The zero-order chi connectivity index (χ0) is 14.4. The zero-order valence-corrected chi connectivity index (χ0v) is 11.1. The summed E-state index contributed by atoms with van der Waals surface area (Å²) in [4.78, 5) is 0. The van der Waals surface area contributed by atoms with Crippen LogP contribution in [0, 0.1) is 0 Å². The molecule has 0 saturated carbocycles. The predicted octanol–water partition coefficient (Wildman–Crippen LogP) is -0.727. The molecule has 8 heteroatoms. The van der Waals surface area contributed by atoms with Crippen molar-refractivity contribution < 1.29 is 30.4 Å². The Kier molecular flexibility index (Phi) is 6.76. The van der Waals surface area contributed by atoms with Gasteiger partial charge < -0.3 is 30.4 Å². The number of ether oxygens (including phenoxy) is 1. The molecule has 1 rings (SSSR count). The first kappa shape index (κ1) is 16.4. The average Bonchev–Trinajstić information content (AvgIpc) is 2.43. The third kappa shape index (κ3) is 4.16. The Morgan fingerprint density at radius 2 is 1.95 bits per heavy atom. The molecule has 0 radical (unpaired) electrons. The summed E-state index contributed by atoms with van der Waals surface area (Å²) in [6.45, 7) is 3.06. The average molecular weight is 293 g/mol. The molecule has 0 aromatic carbocycles. The second kappa shape index (κ2) is 7.83. The van der Waals surface area contributed by atoms with Crippen molar-refractivity contribution in [1.29, 1.82) is 0 Å². The van der Waals surface area contributed by atoms with E-state index >= 15 is 0 Å². The van der Waals surface area contributed by atoms with Crippen molar-refractivity contribution in [2.75, 3.05) is 6.61 Å². The van der Waals surface area contributed by atoms with Gasteiger partial charge in [-0.15, -0.1) is 6.58 Å². The molecule has 5 N–H and O–H groups in total. The summed E-state index contributed by atoms with van der Waals surface area (Å²) in [5.74, 6) is 0. The molecule has 1 heterocycles. The van der Waals surface area contributed by atoms with Crippen LogP contribution in [0.5, 0.6) is 0 Å². The zero-order valence-electron chi connectivity index (χ0n) is 10.3. The molecular formula is C11H19NO6S. The Hall–Kier alpha value is -0.640. The van der Waals surface area contributed by atoms with Gasteiger partial charge in [0, 0.05) is 6.42 Å². The number of hydrogen-bond donors (Lipinski definition) is 5. The van der Waals surface area contributed by atoms with E-state index in [1.807, 2.05) is 0 Å². The lowest BCUT2D eigenvalue weighted by Gasteiger charge is -2.39. The lowest BCUT2D eigenvalue weighted by atomic mass is 10.0. The molecule has 1 aliphatic heterocycles. The van der Waals surface area contributed by atoms with Crippen molar-refractivity contribution in [2.45, 2.75) is 42.7 Å². The number of nitrogens with zero attached hydrogens (tertiary/aromatic N) is 1. The Morgan fingerprint density at radius 1 is 1.26 bits per heavy atom. The van der Waals surface area contributed by atoms with Crippen molar-refractivity contribution in [3.05, 3.63) is 12.7 Å². The fourth-order valence-corrected chi connectivity index (χ4v) is 2.71. The van der Waals surface area contributed by atoms with Gasteiger partial charge >= 0.3 is 0 Å². The molecule has 0 amide bonds. The Bertz CT molecular complexity index is 324. The number of aliphatic hydroxyl groups is 4. The first-order valence-corrected chi connectivity index (χ1v) is 6.72. The van der Waals surface area contributed by atoms with E-state index in [1.54, 1.807) is 6.08 Å². The smallest absolute Gasteiger partial charge is 0.138 e. The second-order valence-electron chi connectivity index (χ2n) is 4.14. The van der Waals surface area contributed by atoms with Crippen LogP contribution in [0.25, 0.3) is 0 Å². The van der Waals surface area contributed by atoms with E-state index in [2.05, 4.69) is 11.7 Å². The third-order valence-corrected chi connectivity index (χ3v) is 3.95. The number of thioether (sulfide) groups is 1. The maximum absolute atomic E-state index is 9.80. The Balaban J connectivity index is 2.67. The highest BCUT2D eigenvalue weighted by Gasteiger charge is 2.44. The van der Waals surface area contributed by atoms with Gasteiger partial charge in [-0.25, -0.2) is 0 Å². The molecule has 0 spiro atoms. The summed E-state index contributed by atoms with van der Waals surface area (Å²) in [7, 11) is 0. The molecule has 19 heavy (non-hydrogen) atoms. The van der Waals surface area contributed by atoms with Gasteiger partial charge in [0.25, 0.3) is 0 Å². The second-order valence-corrected chi connectivity index (χ2v) is 5.31. The van der Waals surface area contributed by atoms with Gasteiger partial charge in [0.1, 0.15) is 34.9 Å². The molecule has 1 aliphatic rings. The van der Waals surface area contributed by atoms with Gasteiger partial charge in [0.2, 0.25) is 0 Å². The van der Waals surface area contributed by atoms with Crippen molar-refractivity contribution in [2.24, 2.45) is 5.16 Å². The van der Waals surface area contributed by atoms with E-state index < -0.39 is 36.5 Å². The monoisotopic (exact) mass is 293 g/mol. The molecule has 5 atom stereocenters. The van der Waals surface area contributed by atoms with Gasteiger partial charge in [-0.2, -0.15) is 0 Å². The fourth-order valence-electron chi connectivity index (χ4n) is 1.66. The molecule has 1 saturated heterocycles. The summed E-state index contributed by atoms with van der Waals surface area (Å²) in [5.41, 5.74) is -0.925. The fraction of sp³-hybridized carbons (Fsp3) is 0.727. The first-order valence-electron chi connectivity index (χ1n) is 5.84. The molecular weight excluding hydrogens is 274 g/mol. The minimum Gasteiger partial charge on any atom is -0.410 e. The van der Waals surface area contributed by atoms with Crippen LogP contribution in [0.1, 0.15) is 12.8 Å². The largest absolute Gasteiger partial charge is 0.410 e. The van der Waals surface area contributed by atoms with Crippen LogP contribution < -0.4 is 0 Å². The minimum atomic E-state index is -1.43. The highest BCUT2D eigenvalue weighted by molar-refractivity contribution is 8.14. The summed E-state index contributed by atoms with van der Waals surface area (Å²) in [6.07, 6.45) is -2.47. The maximum atomic E-state index is 9.80. The van der Waals surface area contributed by atoms with Crippen molar-refractivity contribution >= 4 is 16.8 Å². The van der Waals surface area contributed by atoms with Crippen LogP contribution in [0.2, 0.25) is 0 Å². The Labute approximate surface area is 115 Å². The predicted molar refractivity (Wildman–Crippen MR) is 70.0 cm³/mol. The molecule has 0 aromatic heterocycles. The minimum absolute atomic E-state index is 0.309. The standard InChI is InChI=1S/C11H19NO6S/c1-2-3-4-7(12-17)19-11-10(16)9(15)8(14)6(5-13)18-11/h2,6,8-11,13-17H,1,3-5H2/t6-,8-,9+,10-,11+/m1/s1. The first-order chi connectivity index (χ1) is 9.04. The van der Waals surface area contributed by atoms with Gasteiger partial charge in [-0.05, 0) is 6.42 Å². The summed E-state index contributed by atoms with van der Waals surface area (Å²) < 4.78 is 5.28. The van der Waals surface area contributed by atoms with E-state index in [4.69, 9.17) is 15.1 Å². The topological polar surface area (TPSA) is 123 Å². The quantitative estimate of drug-likeness (QED) is 0.149. The molecule has 0 bridgehead atoms. The molecule has 110 valence electrons. The SMILES string of the molecule is C=CCCC(=NO)S[C@@H]1O[C@H](CO)[C@@H](O)[C@H](O)[C@H]1O. The highest BCUT2D eigenvalue weighted by Crippen LogP contribution is 2.30. The molecule has 0 aliphatic carbocycles. The van der Waals surface area contributed by atoms with Crippen LogP contribution in [0.4, 0.5) is 0 Å². The maximum Gasteiger partial charge on any atom is 0.138 e. The van der Waals surface area contributed by atoms with Crippen LogP contribution in [-0.2, 0) is 4.74 Å². The van der Waals surface area contributed by atoms with Gasteiger partial charge in [-0.3, -0.25) is 0 Å². The van der Waals surface area contributed by atoms with Crippen LogP contribution in [0.15, 0.2) is 17.8 Å². The Morgan fingerprint density at radius 3 is 2.47 bits per heavy atom. The number of oxime groups is 1. The number of allylic oxidation sites excluding steroid dienone is 1. The van der Waals surface area contributed by atoms with E-state index in [0.29, 0.717) is 17.9 Å². The molecule has 7 nitrogen and oxygen atoms in total. The van der Waals surface area contributed by atoms with E-state index in [0.717, 1.165) is 11.8 Å². The van der Waals surface area contributed by atoms with Crippen LogP contribution in [-0.4, -0.2) is 67.1 Å². The summed E-state index contributed by atoms with van der Waals surface area (Å²) >= 11 is 0.936. The van der Waals surface area contributed by atoms with E-state index in [1.165, 1.54) is 0 Å². The summed E-state index contributed by atoms with van der Waals surface area (Å²) in [5, 5.41) is 50.3. The molecule has 1 fully saturated rings. The molecule has 0 aromatic rings. The van der Waals surface area contributed by atoms with E-state index in [-0.39, 0.29) is 0 Å². The lowest BCUT2D eigenvalue weighted by Crippen LogP contribution is -2.57. The number of rotatable bonds is 5. The normalized spacial score (nSPS) is 36.2. The van der Waals surface area contributed by atoms with Crippen LogP contribution >= 0.6 is 11.8 Å². The molecule has 0 unspecified atom stereocenters. The van der Waals surface area contributed by atoms with Gasteiger partial charge in [-0.1, -0.05) is 23.0 Å². The highest BCUT2D eigenvalue weighted by atomic mass is 32.2.